The lowest BCUT2D eigenvalue weighted by atomic mass is 10.2. The molecule has 0 saturated carbocycles. The molecule has 0 radical (unpaired) electrons. The Kier molecular flexibility index (Phi) is 4.40. The van der Waals surface area contributed by atoms with Gasteiger partial charge in [0.05, 0.1) is 0 Å². The third-order valence-electron chi connectivity index (χ3n) is 2.10. The molecule has 78 valence electrons. The Bertz CT molecular complexity index is 246. The highest BCUT2D eigenvalue weighted by Gasteiger charge is 2.06. The van der Waals surface area contributed by atoms with Gasteiger partial charge in [-0.25, -0.2) is 4.98 Å². The van der Waals surface area contributed by atoms with E-state index in [4.69, 9.17) is 0 Å². The molecule has 1 atom stereocenters. The van der Waals surface area contributed by atoms with Crippen LogP contribution in [0.3, 0.4) is 0 Å². The molecule has 1 aromatic heterocycles. The van der Waals surface area contributed by atoms with Gasteiger partial charge in [0.15, 0.2) is 0 Å². The maximum atomic E-state index is 4.24. The molecule has 1 N–H and O–H groups in total. The van der Waals surface area contributed by atoms with E-state index in [0.717, 1.165) is 18.8 Å². The first-order valence-corrected chi connectivity index (χ1v) is 5.04. The van der Waals surface area contributed by atoms with Gasteiger partial charge in [0, 0.05) is 18.8 Å². The van der Waals surface area contributed by atoms with Crippen LogP contribution in [0.25, 0.3) is 0 Å². The molecule has 0 saturated heterocycles. The minimum atomic E-state index is 0.472. The summed E-state index contributed by atoms with van der Waals surface area (Å²) in [6, 6.07) is 6.40. The number of nitrogens with zero attached hydrogens (tertiary/aromatic N) is 2. The standard InChI is InChI=1S/C11H19N3/c1-4-10(9-14(2)3)13-11-7-5-6-8-12-11/h5-8,10H,4,9H2,1-3H3,(H,12,13). The van der Waals surface area contributed by atoms with Crippen molar-refractivity contribution in [2.45, 2.75) is 19.4 Å². The monoisotopic (exact) mass is 193 g/mol. The minimum Gasteiger partial charge on any atom is -0.366 e. The van der Waals surface area contributed by atoms with Gasteiger partial charge in [-0.15, -0.1) is 0 Å². The van der Waals surface area contributed by atoms with Gasteiger partial charge < -0.3 is 10.2 Å². The molecule has 3 heteroatoms. The van der Waals surface area contributed by atoms with Crippen LogP contribution in [0, 0.1) is 0 Å². The zero-order chi connectivity index (χ0) is 10.4. The Morgan fingerprint density at radius 3 is 2.71 bits per heavy atom. The van der Waals surface area contributed by atoms with Crippen molar-refractivity contribution in [2.24, 2.45) is 0 Å². The second-order valence-corrected chi connectivity index (χ2v) is 3.73. The van der Waals surface area contributed by atoms with Crippen LogP contribution in [0.4, 0.5) is 5.82 Å². The number of rotatable bonds is 5. The number of hydrogen-bond acceptors (Lipinski definition) is 3. The van der Waals surface area contributed by atoms with Gasteiger partial charge in [0.25, 0.3) is 0 Å². The van der Waals surface area contributed by atoms with Crippen molar-refractivity contribution >= 4 is 5.82 Å². The van der Waals surface area contributed by atoms with Crippen molar-refractivity contribution in [3.63, 3.8) is 0 Å². The molecule has 1 heterocycles. The largest absolute Gasteiger partial charge is 0.366 e. The van der Waals surface area contributed by atoms with E-state index >= 15 is 0 Å². The topological polar surface area (TPSA) is 28.2 Å². The lowest BCUT2D eigenvalue weighted by molar-refractivity contribution is 0.378. The van der Waals surface area contributed by atoms with E-state index in [2.05, 4.69) is 36.2 Å². The van der Waals surface area contributed by atoms with Crippen molar-refractivity contribution in [1.82, 2.24) is 9.88 Å². The van der Waals surface area contributed by atoms with Crippen molar-refractivity contribution in [3.8, 4) is 0 Å². The number of likely N-dealkylation sites (N-methyl/N-ethyl adjacent to an activating group) is 1. The third-order valence-corrected chi connectivity index (χ3v) is 2.10. The molecular formula is C11H19N3. The highest BCUT2D eigenvalue weighted by Crippen LogP contribution is 2.05. The van der Waals surface area contributed by atoms with Crippen LogP contribution in [-0.4, -0.2) is 36.6 Å². The lowest BCUT2D eigenvalue weighted by Crippen LogP contribution is -2.31. The maximum Gasteiger partial charge on any atom is 0.126 e. The Morgan fingerprint density at radius 2 is 2.21 bits per heavy atom. The molecule has 14 heavy (non-hydrogen) atoms. The molecular weight excluding hydrogens is 174 g/mol. The molecule has 0 aliphatic rings. The summed E-state index contributed by atoms with van der Waals surface area (Å²) >= 11 is 0. The minimum absolute atomic E-state index is 0.472. The summed E-state index contributed by atoms with van der Waals surface area (Å²) in [4.78, 5) is 6.43. The first kappa shape index (κ1) is 11.0. The van der Waals surface area contributed by atoms with Gasteiger partial charge >= 0.3 is 0 Å². The van der Waals surface area contributed by atoms with E-state index in [1.54, 1.807) is 0 Å². The molecule has 0 bridgehead atoms. The summed E-state index contributed by atoms with van der Waals surface area (Å²) in [5, 5.41) is 3.41. The van der Waals surface area contributed by atoms with Gasteiger partial charge in [0.1, 0.15) is 5.82 Å². The van der Waals surface area contributed by atoms with Crippen LogP contribution in [0.2, 0.25) is 0 Å². The number of nitrogens with one attached hydrogen (secondary N) is 1. The summed E-state index contributed by atoms with van der Waals surface area (Å²) < 4.78 is 0. The van der Waals surface area contributed by atoms with Crippen LogP contribution >= 0.6 is 0 Å². The number of aromatic nitrogens is 1. The molecule has 0 aromatic carbocycles. The predicted molar refractivity (Wildman–Crippen MR) is 60.5 cm³/mol. The van der Waals surface area contributed by atoms with E-state index in [-0.39, 0.29) is 0 Å². The van der Waals surface area contributed by atoms with E-state index in [1.165, 1.54) is 0 Å². The fraction of sp³-hybridized carbons (Fsp3) is 0.545. The average Bonchev–Trinajstić information content (AvgIpc) is 2.17. The lowest BCUT2D eigenvalue weighted by Gasteiger charge is -2.21. The fourth-order valence-corrected chi connectivity index (χ4v) is 1.37. The zero-order valence-electron chi connectivity index (χ0n) is 9.20. The van der Waals surface area contributed by atoms with Crippen molar-refractivity contribution in [1.29, 1.82) is 0 Å². The molecule has 0 aliphatic carbocycles. The molecule has 0 amide bonds. The van der Waals surface area contributed by atoms with Crippen LogP contribution < -0.4 is 5.32 Å². The second-order valence-electron chi connectivity index (χ2n) is 3.73. The van der Waals surface area contributed by atoms with Gasteiger partial charge in [0.2, 0.25) is 0 Å². The molecule has 0 aliphatic heterocycles. The molecule has 0 fully saturated rings. The Morgan fingerprint density at radius 1 is 1.43 bits per heavy atom. The van der Waals surface area contributed by atoms with E-state index in [9.17, 15) is 0 Å². The fourth-order valence-electron chi connectivity index (χ4n) is 1.37. The van der Waals surface area contributed by atoms with Crippen LogP contribution in [0.15, 0.2) is 24.4 Å². The number of hydrogen-bond donors (Lipinski definition) is 1. The van der Waals surface area contributed by atoms with Crippen LogP contribution in [0.1, 0.15) is 13.3 Å². The van der Waals surface area contributed by atoms with Gasteiger partial charge in [-0.2, -0.15) is 0 Å². The summed E-state index contributed by atoms with van der Waals surface area (Å²) in [6.07, 6.45) is 2.92. The SMILES string of the molecule is CCC(CN(C)C)Nc1ccccn1. The summed E-state index contributed by atoms with van der Waals surface area (Å²) in [7, 11) is 4.17. The van der Waals surface area contributed by atoms with E-state index < -0.39 is 0 Å². The highest BCUT2D eigenvalue weighted by molar-refractivity contribution is 5.34. The second kappa shape index (κ2) is 5.60. The highest BCUT2D eigenvalue weighted by atomic mass is 15.1. The zero-order valence-corrected chi connectivity index (χ0v) is 9.20. The Hall–Kier alpha value is -1.09. The summed E-state index contributed by atoms with van der Waals surface area (Å²) in [6.45, 7) is 3.22. The average molecular weight is 193 g/mol. The van der Waals surface area contributed by atoms with Crippen LogP contribution in [-0.2, 0) is 0 Å². The first-order valence-electron chi connectivity index (χ1n) is 5.04. The molecule has 1 aromatic rings. The van der Waals surface area contributed by atoms with E-state index in [0.29, 0.717) is 6.04 Å². The predicted octanol–water partition coefficient (Wildman–Crippen LogP) is 1.83. The quantitative estimate of drug-likeness (QED) is 0.773. The third kappa shape index (κ3) is 3.75. The van der Waals surface area contributed by atoms with Gasteiger partial charge in [-0.05, 0) is 32.6 Å². The van der Waals surface area contributed by atoms with Gasteiger partial charge in [-0.1, -0.05) is 13.0 Å². The smallest absolute Gasteiger partial charge is 0.126 e. The number of anilines is 1. The Balaban J connectivity index is 2.48. The van der Waals surface area contributed by atoms with Crippen molar-refractivity contribution in [2.75, 3.05) is 26.0 Å². The molecule has 1 unspecified atom stereocenters. The molecule has 1 rings (SSSR count). The normalized spacial score (nSPS) is 12.9. The molecule has 3 nitrogen and oxygen atoms in total. The van der Waals surface area contributed by atoms with Crippen molar-refractivity contribution < 1.29 is 0 Å². The summed E-state index contributed by atoms with van der Waals surface area (Å²) in [5.74, 6) is 0.959. The first-order chi connectivity index (χ1) is 6.72. The van der Waals surface area contributed by atoms with Crippen molar-refractivity contribution in [3.05, 3.63) is 24.4 Å². The maximum absolute atomic E-state index is 4.24. The molecule has 0 spiro atoms. The number of pyridine rings is 1. The van der Waals surface area contributed by atoms with Crippen LogP contribution in [0.5, 0.6) is 0 Å². The van der Waals surface area contributed by atoms with E-state index in [1.807, 2.05) is 24.4 Å². The Labute approximate surface area is 86.2 Å². The summed E-state index contributed by atoms with van der Waals surface area (Å²) in [5.41, 5.74) is 0. The van der Waals surface area contributed by atoms with Gasteiger partial charge in [-0.3, -0.25) is 0 Å².